The standard InChI is InChI=1S/C13H15N5/c1-7-3-10-11(4-8(7)2)17-13(16-10)12-9(5-14)6-15-18-12/h3-4,6H,5,14H2,1-2H3,(H,15,18)(H,16,17). The smallest absolute Gasteiger partial charge is 0.159 e. The highest BCUT2D eigenvalue weighted by molar-refractivity contribution is 5.80. The molecule has 2 aromatic heterocycles. The summed E-state index contributed by atoms with van der Waals surface area (Å²) in [5, 5.41) is 7.02. The number of nitrogens with two attached hydrogens (primary N) is 1. The Kier molecular flexibility index (Phi) is 2.41. The van der Waals surface area contributed by atoms with E-state index in [1.54, 1.807) is 6.20 Å². The molecule has 0 aliphatic carbocycles. The minimum atomic E-state index is 0.445. The van der Waals surface area contributed by atoms with Crippen molar-refractivity contribution in [2.45, 2.75) is 20.4 Å². The molecule has 0 radical (unpaired) electrons. The number of imidazole rings is 1. The molecule has 3 rings (SSSR count). The molecule has 0 saturated carbocycles. The lowest BCUT2D eigenvalue weighted by Crippen LogP contribution is -1.97. The van der Waals surface area contributed by atoms with E-state index in [1.165, 1.54) is 11.1 Å². The average Bonchev–Trinajstić information content (AvgIpc) is 2.95. The van der Waals surface area contributed by atoms with E-state index in [0.717, 1.165) is 28.1 Å². The predicted octanol–water partition coefficient (Wildman–Crippen LogP) is 2.03. The van der Waals surface area contributed by atoms with Gasteiger partial charge in [-0.1, -0.05) is 0 Å². The Labute approximate surface area is 104 Å². The Morgan fingerprint density at radius 3 is 2.78 bits per heavy atom. The Morgan fingerprint density at radius 1 is 1.22 bits per heavy atom. The van der Waals surface area contributed by atoms with Crippen LogP contribution < -0.4 is 5.73 Å². The van der Waals surface area contributed by atoms with Crippen molar-refractivity contribution >= 4 is 11.0 Å². The van der Waals surface area contributed by atoms with Gasteiger partial charge >= 0.3 is 0 Å². The fraction of sp³-hybridized carbons (Fsp3) is 0.231. The molecular formula is C13H15N5. The Morgan fingerprint density at radius 2 is 2.00 bits per heavy atom. The third-order valence-electron chi connectivity index (χ3n) is 3.26. The van der Waals surface area contributed by atoms with Crippen molar-refractivity contribution in [3.63, 3.8) is 0 Å². The fourth-order valence-corrected chi connectivity index (χ4v) is 2.06. The molecule has 5 heteroatoms. The molecule has 0 atom stereocenters. The molecule has 18 heavy (non-hydrogen) atoms. The molecule has 0 fully saturated rings. The maximum absolute atomic E-state index is 5.67. The molecule has 5 nitrogen and oxygen atoms in total. The van der Waals surface area contributed by atoms with E-state index in [0.29, 0.717) is 6.54 Å². The lowest BCUT2D eigenvalue weighted by molar-refractivity contribution is 1.07. The van der Waals surface area contributed by atoms with Crippen LogP contribution in [-0.2, 0) is 6.54 Å². The highest BCUT2D eigenvalue weighted by Crippen LogP contribution is 2.23. The van der Waals surface area contributed by atoms with Crippen LogP contribution in [0.15, 0.2) is 18.3 Å². The topological polar surface area (TPSA) is 83.4 Å². The molecular weight excluding hydrogens is 226 g/mol. The second-order valence-corrected chi connectivity index (χ2v) is 4.50. The largest absolute Gasteiger partial charge is 0.337 e. The first-order valence-electron chi connectivity index (χ1n) is 5.89. The summed E-state index contributed by atoms with van der Waals surface area (Å²) in [6.45, 7) is 4.62. The number of nitrogens with zero attached hydrogens (tertiary/aromatic N) is 2. The fourth-order valence-electron chi connectivity index (χ4n) is 2.06. The third-order valence-corrected chi connectivity index (χ3v) is 3.26. The lowest BCUT2D eigenvalue weighted by atomic mass is 10.1. The number of hydrogen-bond acceptors (Lipinski definition) is 3. The van der Waals surface area contributed by atoms with Gasteiger partial charge in [0.05, 0.1) is 11.0 Å². The number of benzene rings is 1. The molecule has 0 aliphatic rings. The molecule has 0 aliphatic heterocycles. The SMILES string of the molecule is Cc1cc2nc(-c3n[nH]cc3CN)[nH]c2cc1C. The number of nitrogens with one attached hydrogen (secondary N) is 2. The van der Waals surface area contributed by atoms with E-state index in [-0.39, 0.29) is 0 Å². The number of rotatable bonds is 2. The zero-order valence-corrected chi connectivity index (χ0v) is 10.4. The summed E-state index contributed by atoms with van der Waals surface area (Å²) < 4.78 is 0. The molecule has 0 unspecified atom stereocenters. The van der Waals surface area contributed by atoms with Crippen molar-refractivity contribution in [2.24, 2.45) is 5.73 Å². The van der Waals surface area contributed by atoms with Gasteiger partial charge < -0.3 is 10.7 Å². The molecule has 0 saturated heterocycles. The van der Waals surface area contributed by atoms with Crippen LogP contribution in [-0.4, -0.2) is 20.2 Å². The summed E-state index contributed by atoms with van der Waals surface area (Å²) in [4.78, 5) is 7.86. The second-order valence-electron chi connectivity index (χ2n) is 4.50. The van der Waals surface area contributed by atoms with Crippen molar-refractivity contribution in [3.8, 4) is 11.5 Å². The Hall–Kier alpha value is -2.14. The molecule has 92 valence electrons. The zero-order chi connectivity index (χ0) is 12.7. The summed E-state index contributed by atoms with van der Waals surface area (Å²) in [6, 6.07) is 4.19. The number of hydrogen-bond donors (Lipinski definition) is 3. The van der Waals surface area contributed by atoms with E-state index >= 15 is 0 Å². The minimum absolute atomic E-state index is 0.445. The Bertz CT molecular complexity index is 668. The van der Waals surface area contributed by atoms with Gasteiger partial charge in [-0.3, -0.25) is 5.10 Å². The number of fused-ring (bicyclic) bond motifs is 1. The highest BCUT2D eigenvalue weighted by atomic mass is 15.1. The van der Waals surface area contributed by atoms with Gasteiger partial charge in [0.2, 0.25) is 0 Å². The van der Waals surface area contributed by atoms with Crippen LogP contribution in [0.4, 0.5) is 0 Å². The van der Waals surface area contributed by atoms with Gasteiger partial charge in [0.1, 0.15) is 5.69 Å². The highest BCUT2D eigenvalue weighted by Gasteiger charge is 2.12. The van der Waals surface area contributed by atoms with Crippen molar-refractivity contribution in [1.29, 1.82) is 0 Å². The van der Waals surface area contributed by atoms with E-state index in [9.17, 15) is 0 Å². The van der Waals surface area contributed by atoms with Gasteiger partial charge in [-0.25, -0.2) is 4.98 Å². The number of aryl methyl sites for hydroxylation is 2. The van der Waals surface area contributed by atoms with E-state index in [2.05, 4.69) is 46.1 Å². The first-order chi connectivity index (χ1) is 8.69. The summed E-state index contributed by atoms with van der Waals surface area (Å²) in [5.74, 6) is 0.761. The molecule has 0 amide bonds. The van der Waals surface area contributed by atoms with Crippen LogP contribution >= 0.6 is 0 Å². The summed E-state index contributed by atoms with van der Waals surface area (Å²) in [6.07, 6.45) is 1.80. The maximum atomic E-state index is 5.67. The van der Waals surface area contributed by atoms with Crippen LogP contribution in [0.5, 0.6) is 0 Å². The van der Waals surface area contributed by atoms with Gasteiger partial charge in [0.15, 0.2) is 5.82 Å². The number of H-pyrrole nitrogens is 2. The van der Waals surface area contributed by atoms with E-state index < -0.39 is 0 Å². The third kappa shape index (κ3) is 1.60. The average molecular weight is 241 g/mol. The van der Waals surface area contributed by atoms with Crippen LogP contribution in [0.1, 0.15) is 16.7 Å². The molecule has 1 aromatic carbocycles. The Balaban J connectivity index is 2.19. The molecule has 0 spiro atoms. The van der Waals surface area contributed by atoms with Crippen molar-refractivity contribution < 1.29 is 0 Å². The lowest BCUT2D eigenvalue weighted by Gasteiger charge is -1.97. The van der Waals surface area contributed by atoms with Crippen molar-refractivity contribution in [3.05, 3.63) is 35.0 Å². The van der Waals surface area contributed by atoms with Crippen molar-refractivity contribution in [2.75, 3.05) is 0 Å². The van der Waals surface area contributed by atoms with E-state index in [4.69, 9.17) is 5.73 Å². The van der Waals surface area contributed by atoms with Crippen LogP contribution in [0.25, 0.3) is 22.6 Å². The van der Waals surface area contributed by atoms with E-state index in [1.807, 2.05) is 0 Å². The van der Waals surface area contributed by atoms with Crippen LogP contribution in [0.2, 0.25) is 0 Å². The van der Waals surface area contributed by atoms with Crippen LogP contribution in [0, 0.1) is 13.8 Å². The molecule has 2 heterocycles. The second kappa shape index (κ2) is 3.96. The van der Waals surface area contributed by atoms with Gasteiger partial charge in [-0.15, -0.1) is 0 Å². The number of aromatic nitrogens is 4. The summed E-state index contributed by atoms with van der Waals surface area (Å²) in [5.41, 5.74) is 11.9. The molecule has 4 N–H and O–H groups in total. The van der Waals surface area contributed by atoms with Crippen molar-refractivity contribution in [1.82, 2.24) is 20.2 Å². The quantitative estimate of drug-likeness (QED) is 0.642. The number of aromatic amines is 2. The molecule has 3 aromatic rings. The van der Waals surface area contributed by atoms with Gasteiger partial charge in [-0.05, 0) is 37.1 Å². The summed E-state index contributed by atoms with van der Waals surface area (Å²) in [7, 11) is 0. The predicted molar refractivity (Wildman–Crippen MR) is 71.0 cm³/mol. The molecule has 0 bridgehead atoms. The van der Waals surface area contributed by atoms with Gasteiger partial charge in [0.25, 0.3) is 0 Å². The van der Waals surface area contributed by atoms with Gasteiger partial charge in [0, 0.05) is 18.3 Å². The maximum Gasteiger partial charge on any atom is 0.159 e. The monoisotopic (exact) mass is 241 g/mol. The van der Waals surface area contributed by atoms with Gasteiger partial charge in [-0.2, -0.15) is 5.10 Å². The summed E-state index contributed by atoms with van der Waals surface area (Å²) >= 11 is 0. The zero-order valence-electron chi connectivity index (χ0n) is 10.4. The first-order valence-corrected chi connectivity index (χ1v) is 5.89. The minimum Gasteiger partial charge on any atom is -0.337 e. The normalized spacial score (nSPS) is 11.3. The first kappa shape index (κ1) is 11.0. The van der Waals surface area contributed by atoms with Crippen LogP contribution in [0.3, 0.4) is 0 Å².